The summed E-state index contributed by atoms with van der Waals surface area (Å²) in [5, 5.41) is 3.58. The third-order valence-electron chi connectivity index (χ3n) is 4.72. The van der Waals surface area contributed by atoms with Gasteiger partial charge in [0.05, 0.1) is 0 Å². The van der Waals surface area contributed by atoms with E-state index in [4.69, 9.17) is 0 Å². The van der Waals surface area contributed by atoms with E-state index in [1.54, 1.807) is 5.56 Å². The van der Waals surface area contributed by atoms with Gasteiger partial charge in [-0.15, -0.1) is 0 Å². The second-order valence-corrected chi connectivity index (χ2v) is 6.48. The highest BCUT2D eigenvalue weighted by molar-refractivity contribution is 5.31. The number of nitrogens with zero attached hydrogens (tertiary/aromatic N) is 2. The molecule has 2 aliphatic rings. The molecule has 1 fully saturated rings. The minimum absolute atomic E-state index is 0.605. The fraction of sp³-hybridized carbons (Fsp3) is 0.647. The molecule has 0 aliphatic carbocycles. The maximum absolute atomic E-state index is 3.58. The summed E-state index contributed by atoms with van der Waals surface area (Å²) in [5.41, 5.74) is 3.05. The van der Waals surface area contributed by atoms with Crippen molar-refractivity contribution in [2.45, 2.75) is 37.9 Å². The number of likely N-dealkylation sites (N-methyl/N-ethyl adjacent to an activating group) is 1. The molecule has 3 heteroatoms. The van der Waals surface area contributed by atoms with Crippen molar-refractivity contribution in [2.75, 3.05) is 33.7 Å². The molecule has 2 unspecified atom stereocenters. The first-order valence-electron chi connectivity index (χ1n) is 7.94. The van der Waals surface area contributed by atoms with Crippen molar-refractivity contribution in [3.63, 3.8) is 0 Å². The molecule has 110 valence electrons. The fourth-order valence-electron chi connectivity index (χ4n) is 3.87. The fourth-order valence-corrected chi connectivity index (χ4v) is 3.87. The van der Waals surface area contributed by atoms with Crippen LogP contribution in [-0.4, -0.2) is 49.6 Å². The Balaban J connectivity index is 1.85. The Morgan fingerprint density at radius 3 is 2.95 bits per heavy atom. The molecule has 1 N–H and O–H groups in total. The van der Waals surface area contributed by atoms with Gasteiger partial charge in [0.1, 0.15) is 0 Å². The molecule has 0 radical (unpaired) electrons. The highest BCUT2D eigenvalue weighted by Crippen LogP contribution is 2.34. The van der Waals surface area contributed by atoms with E-state index in [2.05, 4.69) is 53.5 Å². The van der Waals surface area contributed by atoms with Crippen LogP contribution in [0.15, 0.2) is 24.3 Å². The smallest absolute Gasteiger partial charge is 0.0366 e. The van der Waals surface area contributed by atoms with E-state index in [0.717, 1.165) is 19.1 Å². The van der Waals surface area contributed by atoms with E-state index in [1.807, 2.05) is 0 Å². The predicted molar refractivity (Wildman–Crippen MR) is 83.8 cm³/mol. The molecular formula is C17H27N3. The highest BCUT2D eigenvalue weighted by atomic mass is 15.2. The lowest BCUT2D eigenvalue weighted by molar-refractivity contribution is 0.146. The average Bonchev–Trinajstić information content (AvgIpc) is 2.76. The molecule has 0 spiro atoms. The first kappa shape index (κ1) is 14.1. The minimum atomic E-state index is 0.605. The lowest BCUT2D eigenvalue weighted by Crippen LogP contribution is -2.40. The van der Waals surface area contributed by atoms with Crippen LogP contribution in [0.5, 0.6) is 0 Å². The molecule has 0 amide bonds. The standard InChI is InChI=1S/C17H27N3/c1-19(2)13-15-7-5-11-20(15)17-9-10-18-12-14-6-3-4-8-16(14)17/h3-4,6,8,15,17-18H,5,7,9-13H2,1-2H3. The van der Waals surface area contributed by atoms with Crippen LogP contribution in [0.1, 0.15) is 36.4 Å². The Kier molecular flexibility index (Phi) is 4.39. The Morgan fingerprint density at radius 2 is 2.10 bits per heavy atom. The zero-order chi connectivity index (χ0) is 13.9. The van der Waals surface area contributed by atoms with Crippen molar-refractivity contribution in [3.05, 3.63) is 35.4 Å². The normalized spacial score (nSPS) is 27.6. The summed E-state index contributed by atoms with van der Waals surface area (Å²) < 4.78 is 0. The number of hydrogen-bond donors (Lipinski definition) is 1. The molecule has 1 aromatic rings. The zero-order valence-electron chi connectivity index (χ0n) is 12.8. The van der Waals surface area contributed by atoms with Gasteiger partial charge in [-0.25, -0.2) is 0 Å². The summed E-state index contributed by atoms with van der Waals surface area (Å²) in [6.07, 6.45) is 3.94. The van der Waals surface area contributed by atoms with Crippen LogP contribution in [0.3, 0.4) is 0 Å². The molecular weight excluding hydrogens is 246 g/mol. The Hall–Kier alpha value is -0.900. The Morgan fingerprint density at radius 1 is 1.25 bits per heavy atom. The van der Waals surface area contributed by atoms with Gasteiger partial charge in [-0.05, 0) is 57.6 Å². The predicted octanol–water partition coefficient (Wildman–Crippen LogP) is 2.25. The molecule has 1 aromatic carbocycles. The third kappa shape index (κ3) is 2.90. The van der Waals surface area contributed by atoms with Gasteiger partial charge in [0.2, 0.25) is 0 Å². The first-order chi connectivity index (χ1) is 9.75. The SMILES string of the molecule is CN(C)CC1CCCN1C1CCNCc2ccccc21. The van der Waals surface area contributed by atoms with Crippen molar-refractivity contribution in [3.8, 4) is 0 Å². The second-order valence-electron chi connectivity index (χ2n) is 6.48. The van der Waals surface area contributed by atoms with E-state index < -0.39 is 0 Å². The van der Waals surface area contributed by atoms with Gasteiger partial charge < -0.3 is 10.2 Å². The summed E-state index contributed by atoms with van der Waals surface area (Å²) in [6.45, 7) is 4.60. The van der Waals surface area contributed by atoms with Gasteiger partial charge in [-0.3, -0.25) is 4.90 Å². The number of rotatable bonds is 3. The van der Waals surface area contributed by atoms with Gasteiger partial charge in [0, 0.05) is 25.2 Å². The van der Waals surface area contributed by atoms with Crippen LogP contribution in [-0.2, 0) is 6.54 Å². The van der Waals surface area contributed by atoms with E-state index >= 15 is 0 Å². The monoisotopic (exact) mass is 273 g/mol. The molecule has 2 heterocycles. The van der Waals surface area contributed by atoms with Gasteiger partial charge in [-0.1, -0.05) is 24.3 Å². The van der Waals surface area contributed by atoms with Crippen molar-refractivity contribution >= 4 is 0 Å². The lowest BCUT2D eigenvalue weighted by Gasteiger charge is -2.34. The lowest BCUT2D eigenvalue weighted by atomic mass is 9.97. The summed E-state index contributed by atoms with van der Waals surface area (Å²) >= 11 is 0. The maximum Gasteiger partial charge on any atom is 0.0366 e. The minimum Gasteiger partial charge on any atom is -0.313 e. The molecule has 2 aliphatic heterocycles. The topological polar surface area (TPSA) is 18.5 Å². The molecule has 3 nitrogen and oxygen atoms in total. The third-order valence-corrected chi connectivity index (χ3v) is 4.72. The number of hydrogen-bond acceptors (Lipinski definition) is 3. The van der Waals surface area contributed by atoms with Crippen LogP contribution >= 0.6 is 0 Å². The van der Waals surface area contributed by atoms with Gasteiger partial charge in [0.25, 0.3) is 0 Å². The Bertz CT molecular complexity index is 444. The average molecular weight is 273 g/mol. The largest absolute Gasteiger partial charge is 0.313 e. The number of likely N-dealkylation sites (tertiary alicyclic amines) is 1. The van der Waals surface area contributed by atoms with Gasteiger partial charge in [-0.2, -0.15) is 0 Å². The van der Waals surface area contributed by atoms with Crippen LogP contribution in [0.2, 0.25) is 0 Å². The first-order valence-corrected chi connectivity index (χ1v) is 7.94. The summed E-state index contributed by atoms with van der Waals surface area (Å²) in [7, 11) is 4.39. The van der Waals surface area contributed by atoms with Crippen LogP contribution in [0, 0.1) is 0 Å². The van der Waals surface area contributed by atoms with Gasteiger partial charge in [0.15, 0.2) is 0 Å². The summed E-state index contributed by atoms with van der Waals surface area (Å²) in [6, 6.07) is 10.3. The van der Waals surface area contributed by atoms with Crippen molar-refractivity contribution in [1.29, 1.82) is 0 Å². The van der Waals surface area contributed by atoms with Crippen molar-refractivity contribution < 1.29 is 0 Å². The van der Waals surface area contributed by atoms with E-state index in [0.29, 0.717) is 6.04 Å². The summed E-state index contributed by atoms with van der Waals surface area (Å²) in [4.78, 5) is 5.11. The molecule has 0 bridgehead atoms. The molecule has 0 saturated carbocycles. The molecule has 1 saturated heterocycles. The molecule has 3 rings (SSSR count). The van der Waals surface area contributed by atoms with Crippen LogP contribution < -0.4 is 5.32 Å². The highest BCUT2D eigenvalue weighted by Gasteiger charge is 2.33. The number of benzene rings is 1. The molecule has 2 atom stereocenters. The van der Waals surface area contributed by atoms with Crippen molar-refractivity contribution in [2.24, 2.45) is 0 Å². The zero-order valence-corrected chi connectivity index (χ0v) is 12.8. The van der Waals surface area contributed by atoms with Crippen molar-refractivity contribution in [1.82, 2.24) is 15.1 Å². The van der Waals surface area contributed by atoms with E-state index in [1.165, 1.54) is 37.9 Å². The second kappa shape index (κ2) is 6.25. The Labute approximate surface area is 123 Å². The quantitative estimate of drug-likeness (QED) is 0.911. The van der Waals surface area contributed by atoms with E-state index in [9.17, 15) is 0 Å². The van der Waals surface area contributed by atoms with Gasteiger partial charge >= 0.3 is 0 Å². The molecule has 0 aromatic heterocycles. The van der Waals surface area contributed by atoms with Crippen LogP contribution in [0.25, 0.3) is 0 Å². The molecule has 20 heavy (non-hydrogen) atoms. The number of fused-ring (bicyclic) bond motifs is 1. The van der Waals surface area contributed by atoms with Crippen LogP contribution in [0.4, 0.5) is 0 Å². The summed E-state index contributed by atoms with van der Waals surface area (Å²) in [5.74, 6) is 0. The number of nitrogens with one attached hydrogen (secondary N) is 1. The van der Waals surface area contributed by atoms with E-state index in [-0.39, 0.29) is 0 Å². The maximum atomic E-state index is 3.58.